The van der Waals surface area contributed by atoms with Crippen LogP contribution in [0.4, 0.5) is 10.1 Å². The zero-order chi connectivity index (χ0) is 18.6. The Kier molecular flexibility index (Phi) is 5.57. The molecule has 1 N–H and O–H groups in total. The van der Waals surface area contributed by atoms with Crippen LogP contribution in [-0.2, 0) is 19.7 Å². The molecule has 2 aromatic carbocycles. The summed E-state index contributed by atoms with van der Waals surface area (Å²) in [5, 5.41) is 3.19. The van der Waals surface area contributed by atoms with Gasteiger partial charge in [-0.2, -0.15) is 0 Å². The molecule has 1 saturated carbocycles. The first-order valence-electron chi connectivity index (χ1n) is 8.49. The predicted molar refractivity (Wildman–Crippen MR) is 97.6 cm³/mol. The van der Waals surface area contributed by atoms with Crippen molar-refractivity contribution >= 4 is 29.2 Å². The molecule has 0 radical (unpaired) electrons. The molecule has 136 valence electrons. The summed E-state index contributed by atoms with van der Waals surface area (Å²) in [4.78, 5) is 24.8. The van der Waals surface area contributed by atoms with Crippen LogP contribution >= 0.6 is 11.6 Å². The lowest BCUT2D eigenvalue weighted by molar-refractivity contribution is -0.153. The Hall–Kier alpha value is -2.40. The molecule has 6 heteroatoms. The van der Waals surface area contributed by atoms with Gasteiger partial charge in [0.15, 0.2) is 6.61 Å². The highest BCUT2D eigenvalue weighted by Crippen LogP contribution is 2.43. The van der Waals surface area contributed by atoms with Gasteiger partial charge in [0.05, 0.1) is 5.41 Å². The normalized spacial score (nSPS) is 15.5. The Morgan fingerprint density at radius 2 is 1.73 bits per heavy atom. The fraction of sp³-hybridized carbons (Fsp3) is 0.300. The highest BCUT2D eigenvalue weighted by Gasteiger charge is 2.45. The van der Waals surface area contributed by atoms with Crippen LogP contribution in [0.3, 0.4) is 0 Å². The molecule has 4 nitrogen and oxygen atoms in total. The summed E-state index contributed by atoms with van der Waals surface area (Å²) in [5.74, 6) is -1.43. The van der Waals surface area contributed by atoms with Crippen LogP contribution in [0.5, 0.6) is 0 Å². The molecule has 1 aliphatic rings. The number of hydrogen-bond acceptors (Lipinski definition) is 3. The number of benzene rings is 2. The molecule has 0 aromatic heterocycles. The van der Waals surface area contributed by atoms with E-state index in [1.807, 2.05) is 0 Å². The number of carbonyl (C=O) groups is 2. The maximum Gasteiger partial charge on any atom is 0.317 e. The van der Waals surface area contributed by atoms with Crippen LogP contribution in [0.15, 0.2) is 48.5 Å². The molecule has 2 aromatic rings. The SMILES string of the molecule is O=C(COC(=O)C1(c2ccccc2F)CCCC1)Nc1ccc(Cl)cc1. The average molecular weight is 376 g/mol. The Morgan fingerprint density at radius 1 is 1.08 bits per heavy atom. The van der Waals surface area contributed by atoms with Gasteiger partial charge >= 0.3 is 5.97 Å². The smallest absolute Gasteiger partial charge is 0.317 e. The summed E-state index contributed by atoms with van der Waals surface area (Å²) in [6.45, 7) is -0.419. The van der Waals surface area contributed by atoms with Crippen molar-refractivity contribution in [3.05, 3.63) is 64.9 Å². The van der Waals surface area contributed by atoms with Crippen LogP contribution in [0.1, 0.15) is 31.2 Å². The number of rotatable bonds is 5. The summed E-state index contributed by atoms with van der Waals surface area (Å²) in [6.07, 6.45) is 2.68. The number of carbonyl (C=O) groups excluding carboxylic acids is 2. The number of ether oxygens (including phenoxy) is 1. The van der Waals surface area contributed by atoms with Crippen LogP contribution in [0.25, 0.3) is 0 Å². The summed E-state index contributed by atoms with van der Waals surface area (Å²) in [5.41, 5.74) is -0.105. The third-order valence-corrected chi connectivity index (χ3v) is 4.95. The minimum absolute atomic E-state index is 0.348. The van der Waals surface area contributed by atoms with E-state index in [0.29, 0.717) is 29.1 Å². The van der Waals surface area contributed by atoms with Crippen molar-refractivity contribution in [1.82, 2.24) is 0 Å². The second-order valence-electron chi connectivity index (χ2n) is 6.40. The number of hydrogen-bond donors (Lipinski definition) is 1. The Balaban J connectivity index is 1.66. The van der Waals surface area contributed by atoms with Crippen molar-refractivity contribution < 1.29 is 18.7 Å². The highest BCUT2D eigenvalue weighted by atomic mass is 35.5. The van der Waals surface area contributed by atoms with E-state index in [4.69, 9.17) is 16.3 Å². The van der Waals surface area contributed by atoms with E-state index in [9.17, 15) is 14.0 Å². The highest BCUT2D eigenvalue weighted by molar-refractivity contribution is 6.30. The quantitative estimate of drug-likeness (QED) is 0.784. The molecular formula is C20H19ClFNO3. The number of nitrogens with one attached hydrogen (secondary N) is 1. The van der Waals surface area contributed by atoms with E-state index in [1.54, 1.807) is 42.5 Å². The monoisotopic (exact) mass is 375 g/mol. The molecule has 0 spiro atoms. The van der Waals surface area contributed by atoms with Crippen molar-refractivity contribution in [3.8, 4) is 0 Å². The maximum absolute atomic E-state index is 14.3. The van der Waals surface area contributed by atoms with Gasteiger partial charge in [-0.3, -0.25) is 9.59 Å². The molecule has 1 fully saturated rings. The molecule has 26 heavy (non-hydrogen) atoms. The molecule has 0 bridgehead atoms. The van der Waals surface area contributed by atoms with E-state index in [2.05, 4.69) is 5.32 Å². The van der Waals surface area contributed by atoms with Gasteiger partial charge < -0.3 is 10.1 Å². The van der Waals surface area contributed by atoms with Crippen molar-refractivity contribution in [1.29, 1.82) is 0 Å². The molecule has 0 unspecified atom stereocenters. The summed E-state index contributed by atoms with van der Waals surface area (Å²) >= 11 is 5.80. The fourth-order valence-corrected chi connectivity index (χ4v) is 3.54. The zero-order valence-corrected chi connectivity index (χ0v) is 14.9. The van der Waals surface area contributed by atoms with Crippen molar-refractivity contribution in [2.75, 3.05) is 11.9 Å². The van der Waals surface area contributed by atoms with E-state index >= 15 is 0 Å². The number of halogens is 2. The van der Waals surface area contributed by atoms with Crippen molar-refractivity contribution in [3.63, 3.8) is 0 Å². The van der Waals surface area contributed by atoms with Gasteiger partial charge in [-0.25, -0.2) is 4.39 Å². The lowest BCUT2D eigenvalue weighted by Crippen LogP contribution is -2.37. The largest absolute Gasteiger partial charge is 0.455 e. The fourth-order valence-electron chi connectivity index (χ4n) is 3.41. The second kappa shape index (κ2) is 7.87. The van der Waals surface area contributed by atoms with Gasteiger partial charge in [-0.05, 0) is 43.2 Å². The van der Waals surface area contributed by atoms with Crippen LogP contribution < -0.4 is 5.32 Å². The Morgan fingerprint density at radius 3 is 2.38 bits per heavy atom. The molecule has 1 amide bonds. The average Bonchev–Trinajstić information content (AvgIpc) is 3.13. The van der Waals surface area contributed by atoms with Gasteiger partial charge in [0.25, 0.3) is 5.91 Å². The van der Waals surface area contributed by atoms with Crippen LogP contribution in [0, 0.1) is 5.82 Å². The standard InChI is InChI=1S/C20H19ClFNO3/c21-14-7-9-15(10-8-14)23-18(24)13-26-19(25)20(11-3-4-12-20)16-5-1-2-6-17(16)22/h1-2,5-10H,3-4,11-13H2,(H,23,24). The van der Waals surface area contributed by atoms with Gasteiger partial charge in [0, 0.05) is 16.3 Å². The minimum Gasteiger partial charge on any atom is -0.455 e. The number of esters is 1. The van der Waals surface area contributed by atoms with E-state index < -0.39 is 29.7 Å². The second-order valence-corrected chi connectivity index (χ2v) is 6.84. The Labute approximate surface area is 156 Å². The molecule has 1 aliphatic carbocycles. The lowest BCUT2D eigenvalue weighted by Gasteiger charge is -2.27. The minimum atomic E-state index is -1.01. The van der Waals surface area contributed by atoms with Gasteiger partial charge in [-0.15, -0.1) is 0 Å². The molecule has 0 atom stereocenters. The first-order valence-corrected chi connectivity index (χ1v) is 8.87. The number of anilines is 1. The Bertz CT molecular complexity index is 801. The predicted octanol–water partition coefficient (Wildman–Crippen LogP) is 4.47. The third-order valence-electron chi connectivity index (χ3n) is 4.70. The third kappa shape index (κ3) is 3.88. The summed E-state index contributed by atoms with van der Waals surface area (Å²) in [7, 11) is 0. The summed E-state index contributed by atoms with van der Waals surface area (Å²) in [6, 6.07) is 12.9. The van der Waals surface area contributed by atoms with Gasteiger partial charge in [0.2, 0.25) is 0 Å². The van der Waals surface area contributed by atoms with Gasteiger partial charge in [-0.1, -0.05) is 42.6 Å². The van der Waals surface area contributed by atoms with Crippen molar-refractivity contribution in [2.24, 2.45) is 0 Å². The zero-order valence-electron chi connectivity index (χ0n) is 14.1. The van der Waals surface area contributed by atoms with E-state index in [1.165, 1.54) is 6.07 Å². The van der Waals surface area contributed by atoms with Crippen LogP contribution in [-0.4, -0.2) is 18.5 Å². The van der Waals surface area contributed by atoms with Gasteiger partial charge in [0.1, 0.15) is 5.82 Å². The molecule has 3 rings (SSSR count). The molecule has 0 heterocycles. The van der Waals surface area contributed by atoms with Crippen LogP contribution in [0.2, 0.25) is 5.02 Å². The topological polar surface area (TPSA) is 55.4 Å². The molecule has 0 saturated heterocycles. The number of amides is 1. The summed E-state index contributed by atoms with van der Waals surface area (Å²) < 4.78 is 19.5. The lowest BCUT2D eigenvalue weighted by atomic mass is 9.78. The van der Waals surface area contributed by atoms with E-state index in [0.717, 1.165) is 12.8 Å². The van der Waals surface area contributed by atoms with Crippen molar-refractivity contribution in [2.45, 2.75) is 31.1 Å². The first-order chi connectivity index (χ1) is 12.5. The first kappa shape index (κ1) is 18.4. The molecular weight excluding hydrogens is 357 g/mol. The maximum atomic E-state index is 14.3. The van der Waals surface area contributed by atoms with E-state index in [-0.39, 0.29) is 0 Å². The molecule has 0 aliphatic heterocycles.